The molecular weight excluding hydrogens is 280 g/mol. The van der Waals surface area contributed by atoms with Crippen LogP contribution >= 0.6 is 0 Å². The van der Waals surface area contributed by atoms with Gasteiger partial charge in [-0.15, -0.1) is 0 Å². The maximum absolute atomic E-state index is 12.0. The molecule has 22 heavy (non-hydrogen) atoms. The van der Waals surface area contributed by atoms with Gasteiger partial charge in [0.05, 0.1) is 0 Å². The Hall–Kier alpha value is -2.69. The topological polar surface area (TPSA) is 57.7 Å². The maximum atomic E-state index is 12.0. The summed E-state index contributed by atoms with van der Waals surface area (Å²) in [4.78, 5) is 37.4. The maximum Gasteiger partial charge on any atom is 0.333 e. The third-order valence-electron chi connectivity index (χ3n) is 3.64. The zero-order valence-corrected chi connectivity index (χ0v) is 12.9. The molecule has 5 heteroatoms. The molecule has 0 aromatic heterocycles. The van der Waals surface area contributed by atoms with Crippen molar-refractivity contribution in [3.05, 3.63) is 59.2 Å². The van der Waals surface area contributed by atoms with Crippen molar-refractivity contribution in [2.75, 3.05) is 14.1 Å². The molecule has 2 rings (SSSR count). The number of urea groups is 1. The molecule has 0 saturated carbocycles. The van der Waals surface area contributed by atoms with E-state index in [0.29, 0.717) is 6.42 Å². The van der Waals surface area contributed by atoms with E-state index in [1.807, 2.05) is 37.3 Å². The number of hydrogen-bond acceptors (Lipinski definition) is 3. The monoisotopic (exact) mass is 298 g/mol. The number of hydrogen-bond donors (Lipinski definition) is 0. The molecule has 1 aliphatic heterocycles. The van der Waals surface area contributed by atoms with Crippen LogP contribution in [0.25, 0.3) is 0 Å². The van der Waals surface area contributed by atoms with Crippen LogP contribution in [0.5, 0.6) is 0 Å². The van der Waals surface area contributed by atoms with E-state index in [9.17, 15) is 14.4 Å². The van der Waals surface area contributed by atoms with Gasteiger partial charge >= 0.3 is 6.03 Å². The first-order valence-corrected chi connectivity index (χ1v) is 6.95. The molecule has 4 amide bonds. The highest BCUT2D eigenvalue weighted by Crippen LogP contribution is 2.14. The number of likely N-dealkylation sites (N-methyl/N-ethyl adjacent to an activating group) is 2. The molecule has 0 radical (unpaired) electrons. The summed E-state index contributed by atoms with van der Waals surface area (Å²) in [6.45, 7) is 2.03. The Kier molecular flexibility index (Phi) is 4.56. The van der Waals surface area contributed by atoms with E-state index in [1.165, 1.54) is 31.3 Å². The number of aryl methyl sites for hydroxylation is 1. The van der Waals surface area contributed by atoms with Gasteiger partial charge in [0, 0.05) is 14.1 Å². The van der Waals surface area contributed by atoms with Crippen LogP contribution in [0.3, 0.4) is 0 Å². The molecule has 114 valence electrons. The first-order valence-electron chi connectivity index (χ1n) is 6.95. The first-order chi connectivity index (χ1) is 10.4. The quantitative estimate of drug-likeness (QED) is 0.634. The second kappa shape index (κ2) is 6.39. The van der Waals surface area contributed by atoms with Gasteiger partial charge in [-0.25, -0.2) is 4.79 Å². The summed E-state index contributed by atoms with van der Waals surface area (Å²) < 4.78 is 0. The van der Waals surface area contributed by atoms with E-state index in [4.69, 9.17) is 0 Å². The molecule has 0 spiro atoms. The van der Waals surface area contributed by atoms with Crippen LogP contribution < -0.4 is 0 Å². The molecule has 1 aliphatic rings. The van der Waals surface area contributed by atoms with Gasteiger partial charge < -0.3 is 0 Å². The molecule has 1 fully saturated rings. The van der Waals surface area contributed by atoms with Gasteiger partial charge in [0.1, 0.15) is 5.57 Å². The molecule has 0 atom stereocenters. The molecule has 5 nitrogen and oxygen atoms in total. The third kappa shape index (κ3) is 2.98. The summed E-state index contributed by atoms with van der Waals surface area (Å²) in [6.07, 6.45) is 5.73. The summed E-state index contributed by atoms with van der Waals surface area (Å²) in [5.41, 5.74) is 2.36. The molecule has 1 heterocycles. The van der Waals surface area contributed by atoms with Gasteiger partial charge in [-0.2, -0.15) is 0 Å². The highest BCUT2D eigenvalue weighted by Gasteiger charge is 2.37. The molecule has 0 N–H and O–H groups in total. The Balaban J connectivity index is 2.13. The molecule has 0 unspecified atom stereocenters. The van der Waals surface area contributed by atoms with Crippen molar-refractivity contribution in [1.82, 2.24) is 9.80 Å². The molecule has 0 bridgehead atoms. The number of barbiturate groups is 1. The first kappa shape index (κ1) is 15.7. The lowest BCUT2D eigenvalue weighted by molar-refractivity contribution is -0.134. The summed E-state index contributed by atoms with van der Waals surface area (Å²) in [5, 5.41) is 0. The van der Waals surface area contributed by atoms with E-state index in [0.717, 1.165) is 9.80 Å². The minimum atomic E-state index is -0.615. The third-order valence-corrected chi connectivity index (χ3v) is 3.64. The van der Waals surface area contributed by atoms with Crippen LogP contribution in [0.15, 0.2) is 48.1 Å². The second-order valence-corrected chi connectivity index (χ2v) is 5.15. The normalized spacial score (nSPS) is 16.0. The van der Waals surface area contributed by atoms with E-state index < -0.39 is 17.8 Å². The van der Waals surface area contributed by atoms with Gasteiger partial charge in [0.25, 0.3) is 11.8 Å². The van der Waals surface area contributed by atoms with Crippen molar-refractivity contribution in [3.8, 4) is 0 Å². The second-order valence-electron chi connectivity index (χ2n) is 5.15. The van der Waals surface area contributed by atoms with E-state index in [1.54, 1.807) is 6.08 Å². The Morgan fingerprint density at radius 3 is 2.18 bits per heavy atom. The number of allylic oxidation sites excluding steroid dienone is 3. The minimum absolute atomic E-state index is 0.00867. The van der Waals surface area contributed by atoms with E-state index >= 15 is 0 Å². The summed E-state index contributed by atoms with van der Waals surface area (Å²) >= 11 is 0. The molecule has 0 aliphatic carbocycles. The van der Waals surface area contributed by atoms with Crippen LogP contribution in [0, 0.1) is 6.92 Å². The van der Waals surface area contributed by atoms with Crippen molar-refractivity contribution in [1.29, 1.82) is 0 Å². The minimum Gasteiger partial charge on any atom is -0.268 e. The number of benzene rings is 1. The zero-order chi connectivity index (χ0) is 16.3. The lowest BCUT2D eigenvalue weighted by Gasteiger charge is -2.28. The van der Waals surface area contributed by atoms with Crippen LogP contribution in [-0.4, -0.2) is 41.7 Å². The largest absolute Gasteiger partial charge is 0.333 e. The van der Waals surface area contributed by atoms with Crippen molar-refractivity contribution in [3.63, 3.8) is 0 Å². The van der Waals surface area contributed by atoms with Gasteiger partial charge in [0.2, 0.25) is 0 Å². The Morgan fingerprint density at radius 1 is 1.00 bits per heavy atom. The SMILES string of the molecule is Cc1ccccc1C/C=C/C=C1C(=O)N(C)C(=O)N(C)C1=O. The number of carbonyl (C=O) groups is 3. The van der Waals surface area contributed by atoms with Crippen LogP contribution in [0.4, 0.5) is 4.79 Å². The molecule has 1 saturated heterocycles. The zero-order valence-electron chi connectivity index (χ0n) is 12.9. The summed E-state index contributed by atoms with van der Waals surface area (Å²) in [7, 11) is 2.72. The highest BCUT2D eigenvalue weighted by molar-refractivity contribution is 6.28. The van der Waals surface area contributed by atoms with E-state index in [2.05, 4.69) is 0 Å². The van der Waals surface area contributed by atoms with Crippen molar-refractivity contribution in [2.24, 2.45) is 0 Å². The van der Waals surface area contributed by atoms with Gasteiger partial charge in [-0.3, -0.25) is 19.4 Å². The number of amides is 4. The van der Waals surface area contributed by atoms with Gasteiger partial charge in [0.15, 0.2) is 0 Å². The number of rotatable bonds is 3. The fourth-order valence-electron chi connectivity index (χ4n) is 2.19. The number of imide groups is 2. The Bertz CT molecular complexity index is 663. The highest BCUT2D eigenvalue weighted by atomic mass is 16.2. The van der Waals surface area contributed by atoms with Gasteiger partial charge in [-0.1, -0.05) is 36.4 Å². The van der Waals surface area contributed by atoms with Gasteiger partial charge in [-0.05, 0) is 30.5 Å². The van der Waals surface area contributed by atoms with Crippen LogP contribution in [0.2, 0.25) is 0 Å². The average molecular weight is 298 g/mol. The van der Waals surface area contributed by atoms with Crippen molar-refractivity contribution in [2.45, 2.75) is 13.3 Å². The molecule has 1 aromatic rings. The average Bonchev–Trinajstić information content (AvgIpc) is 2.52. The van der Waals surface area contributed by atoms with Crippen LogP contribution in [-0.2, 0) is 16.0 Å². The summed E-state index contributed by atoms with van der Waals surface area (Å²) in [6, 6.07) is 7.40. The standard InChI is InChI=1S/C17H18N2O3/c1-12-8-4-5-9-13(12)10-6-7-11-14-15(20)18(2)17(22)19(3)16(14)21/h4-9,11H,10H2,1-3H3/b7-6+. The van der Waals surface area contributed by atoms with Crippen molar-refractivity contribution >= 4 is 17.8 Å². The summed E-state index contributed by atoms with van der Waals surface area (Å²) in [5.74, 6) is -1.15. The lowest BCUT2D eigenvalue weighted by Crippen LogP contribution is -2.52. The predicted molar refractivity (Wildman–Crippen MR) is 83.0 cm³/mol. The van der Waals surface area contributed by atoms with E-state index in [-0.39, 0.29) is 5.57 Å². The molecule has 1 aromatic carbocycles. The Morgan fingerprint density at radius 2 is 1.59 bits per heavy atom. The molecular formula is C17H18N2O3. The predicted octanol–water partition coefficient (Wildman–Crippen LogP) is 2.07. The van der Waals surface area contributed by atoms with Crippen molar-refractivity contribution < 1.29 is 14.4 Å². The fraction of sp³-hybridized carbons (Fsp3) is 0.235. The number of nitrogens with zero attached hydrogens (tertiary/aromatic N) is 2. The number of carbonyl (C=O) groups excluding carboxylic acids is 3. The lowest BCUT2D eigenvalue weighted by atomic mass is 10.1. The van der Waals surface area contributed by atoms with Crippen LogP contribution in [0.1, 0.15) is 11.1 Å². The fourth-order valence-corrected chi connectivity index (χ4v) is 2.19. The Labute approximate surface area is 129 Å². The smallest absolute Gasteiger partial charge is 0.268 e.